The van der Waals surface area contributed by atoms with Crippen LogP contribution in [0.2, 0.25) is 0 Å². The Morgan fingerprint density at radius 3 is 2.75 bits per heavy atom. The van der Waals surface area contributed by atoms with Crippen LogP contribution in [0.3, 0.4) is 0 Å². The first-order chi connectivity index (χ1) is 3.43. The number of rotatable bonds is 1. The van der Waals surface area contributed by atoms with E-state index in [4.69, 9.17) is 0 Å². The van der Waals surface area contributed by atoms with E-state index >= 15 is 0 Å². The largest absolute Gasteiger partial charge is 0.345 e. The number of nitrogens with zero attached hydrogens (tertiary/aromatic N) is 1. The van der Waals surface area contributed by atoms with Crippen molar-refractivity contribution in [3.8, 4) is 0 Å². The quantitative estimate of drug-likeness (QED) is 0.677. The van der Waals surface area contributed by atoms with Gasteiger partial charge in [-0.25, -0.2) is 4.98 Å². The minimum Gasteiger partial charge on any atom is -0.345 e. The van der Waals surface area contributed by atoms with Gasteiger partial charge in [0.1, 0.15) is 5.82 Å². The predicted molar refractivity (Wildman–Crippen MR) is 28.7 cm³/mol. The fourth-order valence-corrected chi connectivity index (χ4v) is 0.389. The number of hydrogen-bond donors (Lipinski definition) is 1. The molecule has 0 aliphatic rings. The molecule has 0 unspecified atom stereocenters. The van der Waals surface area contributed by atoms with E-state index < -0.39 is 0 Å². The van der Waals surface area contributed by atoms with Gasteiger partial charge in [0.15, 0.2) is 0 Å². The summed E-state index contributed by atoms with van der Waals surface area (Å²) in [6.07, 6.45) is 5.12. The van der Waals surface area contributed by atoms with Crippen molar-refractivity contribution in [1.82, 2.24) is 9.97 Å². The SMILES string of the molecule is C=Cc1ncc[nH]1.[Ag]. The molecule has 1 rings (SSSR count). The molecule has 0 aliphatic carbocycles. The molecule has 1 N–H and O–H groups in total. The summed E-state index contributed by atoms with van der Waals surface area (Å²) in [4.78, 5) is 6.72. The van der Waals surface area contributed by atoms with Crippen molar-refractivity contribution >= 4 is 6.08 Å². The molecule has 8 heavy (non-hydrogen) atoms. The molecule has 1 aromatic rings. The number of aromatic amines is 1. The van der Waals surface area contributed by atoms with Crippen LogP contribution in [0, 0.1) is 0 Å². The molecular weight excluding hydrogens is 196 g/mol. The number of aromatic nitrogens is 2. The summed E-state index contributed by atoms with van der Waals surface area (Å²) < 4.78 is 0. The summed E-state index contributed by atoms with van der Waals surface area (Å²) in [5, 5.41) is 0. The van der Waals surface area contributed by atoms with E-state index in [1.807, 2.05) is 0 Å². The van der Waals surface area contributed by atoms with E-state index in [0.29, 0.717) is 0 Å². The Balaban J connectivity index is 0.000000490. The molecule has 1 heterocycles. The van der Waals surface area contributed by atoms with Crippen LogP contribution in [0.5, 0.6) is 0 Å². The predicted octanol–water partition coefficient (Wildman–Crippen LogP) is 1.05. The van der Waals surface area contributed by atoms with Gasteiger partial charge in [0.05, 0.1) is 0 Å². The Morgan fingerprint density at radius 2 is 2.50 bits per heavy atom. The monoisotopic (exact) mass is 201 g/mol. The Bertz CT molecular complexity index is 145. The van der Waals surface area contributed by atoms with E-state index in [1.165, 1.54) is 0 Å². The van der Waals surface area contributed by atoms with Crippen LogP contribution in [0.15, 0.2) is 19.0 Å². The summed E-state index contributed by atoms with van der Waals surface area (Å²) in [6.45, 7) is 3.51. The van der Waals surface area contributed by atoms with Crippen molar-refractivity contribution in [3.05, 3.63) is 24.8 Å². The zero-order valence-corrected chi connectivity index (χ0v) is 5.67. The molecule has 0 aliphatic heterocycles. The number of nitrogens with one attached hydrogen (secondary N) is 1. The van der Waals surface area contributed by atoms with Gasteiger partial charge in [0, 0.05) is 34.8 Å². The Labute approximate surface area is 63.5 Å². The van der Waals surface area contributed by atoms with Gasteiger partial charge < -0.3 is 4.98 Å². The average molecular weight is 202 g/mol. The fourth-order valence-electron chi connectivity index (χ4n) is 0.389. The summed E-state index contributed by atoms with van der Waals surface area (Å²) in [5.41, 5.74) is 0. The van der Waals surface area contributed by atoms with Crippen LogP contribution in [0.4, 0.5) is 0 Å². The summed E-state index contributed by atoms with van der Waals surface area (Å²) in [5.74, 6) is 0.819. The molecule has 0 bridgehead atoms. The molecule has 1 aromatic heterocycles. The standard InChI is InChI=1S/C5H6N2.Ag/c1-2-5-6-3-4-7-5;/h2-4H,1H2,(H,6,7);. The van der Waals surface area contributed by atoms with Gasteiger partial charge in [-0.05, 0) is 6.08 Å². The van der Waals surface area contributed by atoms with E-state index in [0.717, 1.165) is 5.82 Å². The minimum absolute atomic E-state index is 0. The zero-order chi connectivity index (χ0) is 5.11. The molecule has 1 radical (unpaired) electrons. The maximum absolute atomic E-state index is 3.86. The van der Waals surface area contributed by atoms with Crippen molar-refractivity contribution in [2.75, 3.05) is 0 Å². The maximum Gasteiger partial charge on any atom is 0.129 e. The van der Waals surface area contributed by atoms with E-state index in [-0.39, 0.29) is 22.4 Å². The first-order valence-electron chi connectivity index (χ1n) is 2.05. The molecule has 0 fully saturated rings. The zero-order valence-electron chi connectivity index (χ0n) is 4.19. The molecule has 2 nitrogen and oxygen atoms in total. The van der Waals surface area contributed by atoms with Crippen molar-refractivity contribution in [3.63, 3.8) is 0 Å². The van der Waals surface area contributed by atoms with Crippen LogP contribution >= 0.6 is 0 Å². The van der Waals surface area contributed by atoms with Crippen molar-refractivity contribution in [1.29, 1.82) is 0 Å². The van der Waals surface area contributed by atoms with Gasteiger partial charge in [-0.15, -0.1) is 0 Å². The van der Waals surface area contributed by atoms with E-state index in [2.05, 4.69) is 16.5 Å². The minimum atomic E-state index is 0. The van der Waals surface area contributed by atoms with E-state index in [9.17, 15) is 0 Å². The maximum atomic E-state index is 3.86. The second-order valence-electron chi connectivity index (χ2n) is 1.18. The second-order valence-corrected chi connectivity index (χ2v) is 1.18. The van der Waals surface area contributed by atoms with Crippen LogP contribution < -0.4 is 0 Å². The average Bonchev–Trinajstić information content (AvgIpc) is 2.14. The summed E-state index contributed by atoms with van der Waals surface area (Å²) >= 11 is 0. The first kappa shape index (κ1) is 7.69. The van der Waals surface area contributed by atoms with Crippen molar-refractivity contribution in [2.45, 2.75) is 0 Å². The third kappa shape index (κ3) is 1.66. The van der Waals surface area contributed by atoms with Crippen molar-refractivity contribution < 1.29 is 22.4 Å². The Morgan fingerprint density at radius 1 is 1.75 bits per heavy atom. The fraction of sp³-hybridized carbons (Fsp3) is 0. The number of H-pyrrole nitrogens is 1. The molecule has 3 heteroatoms. The van der Waals surface area contributed by atoms with Crippen LogP contribution in [-0.4, -0.2) is 9.97 Å². The molecule has 0 saturated heterocycles. The molecule has 47 valence electrons. The summed E-state index contributed by atoms with van der Waals surface area (Å²) in [7, 11) is 0. The Kier molecular flexibility index (Phi) is 3.52. The van der Waals surface area contributed by atoms with Gasteiger partial charge in [-0.3, -0.25) is 0 Å². The third-order valence-corrected chi connectivity index (χ3v) is 0.713. The molecule has 0 saturated carbocycles. The molecule has 0 aromatic carbocycles. The first-order valence-corrected chi connectivity index (χ1v) is 2.05. The van der Waals surface area contributed by atoms with Gasteiger partial charge in [0.25, 0.3) is 0 Å². The molecule has 0 amide bonds. The molecule has 0 spiro atoms. The smallest absolute Gasteiger partial charge is 0.129 e. The normalized spacial score (nSPS) is 7.50. The van der Waals surface area contributed by atoms with Gasteiger partial charge >= 0.3 is 0 Å². The van der Waals surface area contributed by atoms with Crippen LogP contribution in [0.25, 0.3) is 6.08 Å². The number of hydrogen-bond acceptors (Lipinski definition) is 1. The second kappa shape index (κ2) is 3.66. The Hall–Kier alpha value is -0.310. The van der Waals surface area contributed by atoms with Gasteiger partial charge in [-0.1, -0.05) is 6.58 Å². The van der Waals surface area contributed by atoms with Crippen LogP contribution in [0.1, 0.15) is 5.82 Å². The topological polar surface area (TPSA) is 28.7 Å². The van der Waals surface area contributed by atoms with Gasteiger partial charge in [0.2, 0.25) is 0 Å². The van der Waals surface area contributed by atoms with Crippen LogP contribution in [-0.2, 0) is 22.4 Å². The summed E-state index contributed by atoms with van der Waals surface area (Å²) in [6, 6.07) is 0. The van der Waals surface area contributed by atoms with E-state index in [1.54, 1.807) is 18.5 Å². The number of imidazole rings is 1. The molecular formula is C5H6AgN2. The van der Waals surface area contributed by atoms with Crippen molar-refractivity contribution in [2.24, 2.45) is 0 Å². The third-order valence-electron chi connectivity index (χ3n) is 0.713. The van der Waals surface area contributed by atoms with Gasteiger partial charge in [-0.2, -0.15) is 0 Å². The molecule has 0 atom stereocenters.